The molecule has 9 nitrogen and oxygen atoms in total. The summed E-state index contributed by atoms with van der Waals surface area (Å²) in [5.74, 6) is -0.300. The van der Waals surface area contributed by atoms with E-state index in [1.54, 1.807) is 18.2 Å². The highest BCUT2D eigenvalue weighted by Crippen LogP contribution is 2.27. The Bertz CT molecular complexity index is 728. The molecule has 0 aliphatic rings. The van der Waals surface area contributed by atoms with Crippen molar-refractivity contribution in [1.29, 1.82) is 0 Å². The first-order chi connectivity index (χ1) is 11.5. The van der Waals surface area contributed by atoms with Gasteiger partial charge in [-0.15, -0.1) is 5.10 Å². The minimum absolute atomic E-state index is 0.133. The van der Waals surface area contributed by atoms with Crippen LogP contribution in [-0.4, -0.2) is 45.7 Å². The second-order valence-corrected chi connectivity index (χ2v) is 4.78. The fourth-order valence-corrected chi connectivity index (χ4v) is 1.99. The van der Waals surface area contributed by atoms with Crippen molar-refractivity contribution < 1.29 is 24.2 Å². The van der Waals surface area contributed by atoms with Gasteiger partial charge in [-0.2, -0.15) is 0 Å². The highest BCUT2D eigenvalue weighted by molar-refractivity contribution is 5.94. The molecular formula is C15H18N4O5. The number of nitrogens with zero attached hydrogens (tertiary/aromatic N) is 3. The number of benzene rings is 1. The highest BCUT2D eigenvalue weighted by Gasteiger charge is 2.12. The second kappa shape index (κ2) is 7.95. The largest absolute Gasteiger partial charge is 0.493 e. The zero-order valence-electron chi connectivity index (χ0n) is 13.4. The first-order valence-electron chi connectivity index (χ1n) is 7.23. The van der Waals surface area contributed by atoms with Crippen LogP contribution in [0.15, 0.2) is 24.4 Å². The van der Waals surface area contributed by atoms with Crippen LogP contribution in [0.2, 0.25) is 0 Å². The molecule has 0 fully saturated rings. The lowest BCUT2D eigenvalue weighted by molar-refractivity contribution is -0.137. The lowest BCUT2D eigenvalue weighted by atomic mass is 10.2. The average molecular weight is 334 g/mol. The summed E-state index contributed by atoms with van der Waals surface area (Å²) < 4.78 is 11.8. The molecule has 0 atom stereocenters. The summed E-state index contributed by atoms with van der Waals surface area (Å²) in [5, 5.41) is 18.8. The van der Waals surface area contributed by atoms with E-state index in [0.29, 0.717) is 29.4 Å². The number of hydrogen-bond donors (Lipinski definition) is 2. The van der Waals surface area contributed by atoms with Crippen molar-refractivity contribution in [3.05, 3.63) is 35.7 Å². The fraction of sp³-hybridized carbons (Fsp3) is 0.333. The standard InChI is InChI=1S/C15H18N4O5/c1-3-24-12-5-4-10(6-13(12)23-2)15(22)16-7-11-8-19(18-17-11)9-14(20)21/h4-6,8H,3,7,9H2,1-2H3,(H,16,22)(H,20,21). The number of hydrogen-bond acceptors (Lipinski definition) is 6. The predicted molar refractivity (Wildman–Crippen MR) is 83.0 cm³/mol. The number of carbonyl (C=O) groups excluding carboxylic acids is 1. The van der Waals surface area contributed by atoms with Gasteiger partial charge in [0.1, 0.15) is 12.2 Å². The van der Waals surface area contributed by atoms with Gasteiger partial charge in [0.15, 0.2) is 11.5 Å². The number of carbonyl (C=O) groups is 2. The number of rotatable bonds is 8. The number of carboxylic acid groups (broad SMARTS) is 1. The topological polar surface area (TPSA) is 116 Å². The van der Waals surface area contributed by atoms with E-state index >= 15 is 0 Å². The van der Waals surface area contributed by atoms with E-state index in [1.807, 2.05) is 6.92 Å². The van der Waals surface area contributed by atoms with Crippen LogP contribution >= 0.6 is 0 Å². The SMILES string of the molecule is CCOc1ccc(C(=O)NCc2cn(CC(=O)O)nn2)cc1OC. The van der Waals surface area contributed by atoms with Crippen molar-refractivity contribution in [2.45, 2.75) is 20.0 Å². The number of aromatic nitrogens is 3. The van der Waals surface area contributed by atoms with Crippen molar-refractivity contribution in [2.24, 2.45) is 0 Å². The molecular weight excluding hydrogens is 316 g/mol. The third-order valence-corrected chi connectivity index (χ3v) is 3.04. The summed E-state index contributed by atoms with van der Waals surface area (Å²) in [5.41, 5.74) is 0.871. The molecule has 2 aromatic rings. The van der Waals surface area contributed by atoms with E-state index in [4.69, 9.17) is 14.6 Å². The van der Waals surface area contributed by atoms with Crippen LogP contribution < -0.4 is 14.8 Å². The number of methoxy groups -OCH3 is 1. The molecule has 0 saturated carbocycles. The van der Waals surface area contributed by atoms with Gasteiger partial charge >= 0.3 is 5.97 Å². The minimum Gasteiger partial charge on any atom is -0.493 e. The van der Waals surface area contributed by atoms with Gasteiger partial charge in [0, 0.05) is 5.56 Å². The number of aliphatic carboxylic acids is 1. The van der Waals surface area contributed by atoms with Crippen molar-refractivity contribution in [3.63, 3.8) is 0 Å². The van der Waals surface area contributed by atoms with Crippen LogP contribution in [-0.2, 0) is 17.9 Å². The van der Waals surface area contributed by atoms with E-state index in [0.717, 1.165) is 0 Å². The Kier molecular flexibility index (Phi) is 5.72. The second-order valence-electron chi connectivity index (χ2n) is 4.78. The van der Waals surface area contributed by atoms with Gasteiger partial charge < -0.3 is 19.9 Å². The molecule has 2 N–H and O–H groups in total. The van der Waals surface area contributed by atoms with Gasteiger partial charge in [0.05, 0.1) is 26.5 Å². The zero-order chi connectivity index (χ0) is 17.5. The summed E-state index contributed by atoms with van der Waals surface area (Å²) >= 11 is 0. The van der Waals surface area contributed by atoms with Crippen LogP contribution in [0, 0.1) is 0 Å². The molecule has 1 heterocycles. The van der Waals surface area contributed by atoms with E-state index in [2.05, 4.69) is 15.6 Å². The third kappa shape index (κ3) is 4.45. The molecule has 1 aromatic heterocycles. The Labute approximate surface area is 138 Å². The van der Waals surface area contributed by atoms with Crippen molar-refractivity contribution in [1.82, 2.24) is 20.3 Å². The molecule has 0 aliphatic heterocycles. The third-order valence-electron chi connectivity index (χ3n) is 3.04. The van der Waals surface area contributed by atoms with E-state index in [1.165, 1.54) is 18.0 Å². The maximum absolute atomic E-state index is 12.2. The predicted octanol–water partition coefficient (Wildman–Crippen LogP) is 0.700. The Hall–Kier alpha value is -3.10. The van der Waals surface area contributed by atoms with Gasteiger partial charge in [-0.1, -0.05) is 5.21 Å². The minimum atomic E-state index is -1.02. The average Bonchev–Trinajstić information content (AvgIpc) is 3.00. The van der Waals surface area contributed by atoms with Crippen LogP contribution in [0.25, 0.3) is 0 Å². The fourth-order valence-electron chi connectivity index (χ4n) is 1.99. The first-order valence-corrected chi connectivity index (χ1v) is 7.23. The summed E-state index contributed by atoms with van der Waals surface area (Å²) in [6, 6.07) is 4.88. The first kappa shape index (κ1) is 17.3. The molecule has 0 bridgehead atoms. The van der Waals surface area contributed by atoms with Gasteiger partial charge in [-0.05, 0) is 25.1 Å². The maximum Gasteiger partial charge on any atom is 0.325 e. The number of carboxylic acids is 1. The lowest BCUT2D eigenvalue weighted by Gasteiger charge is -2.10. The Morgan fingerprint density at radius 2 is 2.12 bits per heavy atom. The smallest absolute Gasteiger partial charge is 0.325 e. The number of amides is 1. The Balaban J connectivity index is 1.99. The van der Waals surface area contributed by atoms with Crippen molar-refractivity contribution in [2.75, 3.05) is 13.7 Å². The molecule has 128 valence electrons. The molecule has 0 spiro atoms. The normalized spacial score (nSPS) is 10.2. The van der Waals surface area contributed by atoms with Crippen molar-refractivity contribution in [3.8, 4) is 11.5 Å². The highest BCUT2D eigenvalue weighted by atomic mass is 16.5. The van der Waals surface area contributed by atoms with Crippen LogP contribution in [0.1, 0.15) is 23.0 Å². The summed E-state index contributed by atoms with van der Waals surface area (Å²) in [7, 11) is 1.50. The zero-order valence-corrected chi connectivity index (χ0v) is 13.4. The number of ether oxygens (including phenoxy) is 2. The maximum atomic E-state index is 12.2. The lowest BCUT2D eigenvalue weighted by Crippen LogP contribution is -2.23. The molecule has 0 radical (unpaired) electrons. The Morgan fingerprint density at radius 1 is 1.33 bits per heavy atom. The molecule has 24 heavy (non-hydrogen) atoms. The van der Waals surface area contributed by atoms with Gasteiger partial charge in [0.25, 0.3) is 5.91 Å². The van der Waals surface area contributed by atoms with E-state index in [9.17, 15) is 9.59 Å². The van der Waals surface area contributed by atoms with Gasteiger partial charge in [0.2, 0.25) is 0 Å². The molecule has 1 amide bonds. The van der Waals surface area contributed by atoms with E-state index in [-0.39, 0.29) is 19.0 Å². The molecule has 1 aromatic carbocycles. The number of nitrogens with one attached hydrogen (secondary N) is 1. The van der Waals surface area contributed by atoms with Crippen LogP contribution in [0.5, 0.6) is 11.5 Å². The van der Waals surface area contributed by atoms with Gasteiger partial charge in [-0.25, -0.2) is 4.68 Å². The van der Waals surface area contributed by atoms with Crippen LogP contribution in [0.3, 0.4) is 0 Å². The summed E-state index contributed by atoms with van der Waals surface area (Å²) in [6.07, 6.45) is 1.47. The van der Waals surface area contributed by atoms with Gasteiger partial charge in [-0.3, -0.25) is 9.59 Å². The molecule has 0 aliphatic carbocycles. The molecule has 0 saturated heterocycles. The quantitative estimate of drug-likeness (QED) is 0.730. The monoisotopic (exact) mass is 334 g/mol. The molecule has 0 unspecified atom stereocenters. The van der Waals surface area contributed by atoms with Crippen molar-refractivity contribution >= 4 is 11.9 Å². The molecule has 9 heteroatoms. The Morgan fingerprint density at radius 3 is 2.79 bits per heavy atom. The van der Waals surface area contributed by atoms with E-state index < -0.39 is 5.97 Å². The summed E-state index contributed by atoms with van der Waals surface area (Å²) in [4.78, 5) is 22.8. The summed E-state index contributed by atoms with van der Waals surface area (Å²) in [6.45, 7) is 2.20. The molecule has 2 rings (SSSR count). The van der Waals surface area contributed by atoms with Crippen LogP contribution in [0.4, 0.5) is 0 Å².